The minimum Gasteiger partial charge on any atom is -0.493 e. The highest BCUT2D eigenvalue weighted by molar-refractivity contribution is 6.70. The lowest BCUT2D eigenvalue weighted by Gasteiger charge is -2.36. The molecule has 45 heavy (non-hydrogen) atoms. The molecule has 0 amide bonds. The van der Waals surface area contributed by atoms with E-state index in [1.165, 1.54) is 41.1 Å². The second kappa shape index (κ2) is 16.9. The summed E-state index contributed by atoms with van der Waals surface area (Å²) in [4.78, 5) is 36.9. The Balaban J connectivity index is 2.42. The van der Waals surface area contributed by atoms with Crippen LogP contribution in [0.2, 0.25) is 19.6 Å². The molecule has 0 saturated carbocycles. The molecule has 11 nitrogen and oxygen atoms in total. The van der Waals surface area contributed by atoms with Crippen LogP contribution in [-0.4, -0.2) is 84.9 Å². The van der Waals surface area contributed by atoms with Gasteiger partial charge in [0.25, 0.3) is 5.97 Å². The molecule has 0 heterocycles. The maximum Gasteiger partial charge on any atom is 0.303 e. The molecule has 1 aromatic carbocycles. The number of aryl methyl sites for hydroxylation is 1. The zero-order valence-corrected chi connectivity index (χ0v) is 29.1. The van der Waals surface area contributed by atoms with E-state index in [9.17, 15) is 14.4 Å². The second-order valence-electron chi connectivity index (χ2n) is 11.6. The van der Waals surface area contributed by atoms with Crippen molar-refractivity contribution >= 4 is 26.0 Å². The highest BCUT2D eigenvalue weighted by Crippen LogP contribution is 2.38. The van der Waals surface area contributed by atoms with Gasteiger partial charge in [0.2, 0.25) is 0 Å². The normalized spacial score (nSPS) is 19.2. The molecule has 12 heteroatoms. The van der Waals surface area contributed by atoms with Gasteiger partial charge in [0.05, 0.1) is 14.2 Å². The largest absolute Gasteiger partial charge is 0.493 e. The molecule has 1 unspecified atom stereocenters. The average molecular weight is 649 g/mol. The Morgan fingerprint density at radius 2 is 1.67 bits per heavy atom. The molecule has 0 saturated heterocycles. The minimum absolute atomic E-state index is 0.174. The van der Waals surface area contributed by atoms with Gasteiger partial charge in [0.1, 0.15) is 24.4 Å². The summed E-state index contributed by atoms with van der Waals surface area (Å²) < 4.78 is 44.8. The van der Waals surface area contributed by atoms with Crippen LogP contribution in [0.25, 0.3) is 0 Å². The molecule has 0 fully saturated rings. The average Bonchev–Trinajstić information content (AvgIpc) is 3.27. The number of carbonyl (C=O) groups excluding carboxylic acids is 3. The molecule has 1 aliphatic rings. The van der Waals surface area contributed by atoms with Crippen molar-refractivity contribution in [3.63, 3.8) is 0 Å². The number of hydrogen-bond acceptors (Lipinski definition) is 11. The van der Waals surface area contributed by atoms with Crippen molar-refractivity contribution in [2.75, 3.05) is 35.0 Å². The first-order chi connectivity index (χ1) is 21.1. The van der Waals surface area contributed by atoms with E-state index in [1.807, 2.05) is 24.3 Å². The van der Waals surface area contributed by atoms with Crippen molar-refractivity contribution in [1.29, 1.82) is 0 Å². The molecule has 250 valence electrons. The third-order valence-electron chi connectivity index (χ3n) is 6.97. The van der Waals surface area contributed by atoms with Crippen LogP contribution >= 0.6 is 0 Å². The first kappa shape index (κ1) is 37.9. The van der Waals surface area contributed by atoms with Crippen LogP contribution in [0.5, 0.6) is 11.5 Å². The number of carbonyl (C=O) groups is 3. The summed E-state index contributed by atoms with van der Waals surface area (Å²) in [7, 11) is 3.81. The van der Waals surface area contributed by atoms with Gasteiger partial charge in [-0.25, -0.2) is 0 Å². The minimum atomic E-state index is -2.15. The molecule has 0 N–H and O–H groups in total. The van der Waals surface area contributed by atoms with Crippen molar-refractivity contribution in [1.82, 2.24) is 0 Å². The summed E-state index contributed by atoms with van der Waals surface area (Å²) in [5.74, 6) is -1.52. The van der Waals surface area contributed by atoms with Gasteiger partial charge >= 0.3 is 11.9 Å². The molecule has 0 radical (unpaired) electrons. The predicted molar refractivity (Wildman–Crippen MR) is 170 cm³/mol. The van der Waals surface area contributed by atoms with Gasteiger partial charge < -0.3 is 37.6 Å². The van der Waals surface area contributed by atoms with Crippen molar-refractivity contribution < 1.29 is 52.0 Å². The van der Waals surface area contributed by atoms with Crippen LogP contribution in [0.3, 0.4) is 0 Å². The van der Waals surface area contributed by atoms with Crippen LogP contribution in [-0.2, 0) is 48.9 Å². The molecule has 0 bridgehead atoms. The van der Waals surface area contributed by atoms with E-state index in [1.54, 1.807) is 32.4 Å². The quantitative estimate of drug-likeness (QED) is 0.0915. The first-order valence-corrected chi connectivity index (χ1v) is 18.1. The van der Waals surface area contributed by atoms with E-state index in [0.29, 0.717) is 23.5 Å². The number of methoxy groups -OCH3 is 4. The number of rotatable bonds is 18. The fourth-order valence-corrected chi connectivity index (χ4v) is 6.23. The highest BCUT2D eigenvalue weighted by Gasteiger charge is 2.43. The van der Waals surface area contributed by atoms with E-state index < -0.39 is 44.0 Å². The Morgan fingerprint density at radius 3 is 2.22 bits per heavy atom. The van der Waals surface area contributed by atoms with Crippen molar-refractivity contribution in [3.8, 4) is 11.5 Å². The fraction of sp³-hybridized carbons (Fsp3) is 0.545. The standard InChI is InChI=1S/C33H48O11Si/c1-23(34)41-22-31(43-32(3,39-6)40-7)29(42-24(2)35)15-11-14-26-27(36)18-20-33(26,44-45(8,9)10)19-12-13-25-16-17-28(37-4)30(21-25)38-5/h11,14-18,20-21,29,31H,12-13,19,22H2,1-10H3/t29-,31+,33?/m0/s1. The van der Waals surface area contributed by atoms with Crippen LogP contribution in [0.4, 0.5) is 0 Å². The smallest absolute Gasteiger partial charge is 0.303 e. The molecule has 0 aromatic heterocycles. The molecule has 0 aliphatic heterocycles. The zero-order valence-electron chi connectivity index (χ0n) is 28.1. The van der Waals surface area contributed by atoms with Gasteiger partial charge in [-0.2, -0.15) is 0 Å². The van der Waals surface area contributed by atoms with Crippen molar-refractivity contribution in [2.24, 2.45) is 0 Å². The lowest BCUT2D eigenvalue weighted by molar-refractivity contribution is -0.373. The van der Waals surface area contributed by atoms with Crippen molar-refractivity contribution in [3.05, 3.63) is 59.7 Å². The third-order valence-corrected chi connectivity index (χ3v) is 7.94. The summed E-state index contributed by atoms with van der Waals surface area (Å²) in [6.07, 6.45) is 8.20. The third kappa shape index (κ3) is 11.5. The van der Waals surface area contributed by atoms with Crippen LogP contribution in [0.1, 0.15) is 39.2 Å². The SMILES string of the molecule is COc1ccc(CCCC2(O[Si](C)(C)C)C=CC(=O)C2=CC=C[C@H](OC(C)=O)[C@@H](COC(C)=O)OC(C)(OC)OC)cc1OC. The Hall–Kier alpha value is -3.29. The zero-order chi connectivity index (χ0) is 33.8. The van der Waals surface area contributed by atoms with Crippen LogP contribution in [0, 0.1) is 0 Å². The lowest BCUT2D eigenvalue weighted by atomic mass is 9.89. The summed E-state index contributed by atoms with van der Waals surface area (Å²) in [5.41, 5.74) is 0.598. The number of ether oxygens (including phenoxy) is 7. The molecular weight excluding hydrogens is 600 g/mol. The van der Waals surface area contributed by atoms with Crippen LogP contribution < -0.4 is 9.47 Å². The molecule has 1 aromatic rings. The lowest BCUT2D eigenvalue weighted by Crippen LogP contribution is -2.45. The van der Waals surface area contributed by atoms with Gasteiger partial charge in [-0.15, -0.1) is 0 Å². The van der Waals surface area contributed by atoms with E-state index in [2.05, 4.69) is 19.6 Å². The monoisotopic (exact) mass is 648 g/mol. The highest BCUT2D eigenvalue weighted by atomic mass is 28.4. The number of ketones is 1. The van der Waals surface area contributed by atoms with E-state index in [4.69, 9.17) is 37.6 Å². The number of benzene rings is 1. The summed E-state index contributed by atoms with van der Waals surface area (Å²) in [6.45, 7) is 10.00. The Morgan fingerprint density at radius 1 is 1.00 bits per heavy atom. The van der Waals surface area contributed by atoms with Gasteiger partial charge in [0.15, 0.2) is 25.6 Å². The van der Waals surface area contributed by atoms with Gasteiger partial charge in [-0.1, -0.05) is 18.2 Å². The molecular formula is C33H48O11Si. The Kier molecular flexibility index (Phi) is 14.2. The second-order valence-corrected chi connectivity index (χ2v) is 16.0. The molecule has 2 rings (SSSR count). The summed E-state index contributed by atoms with van der Waals surface area (Å²) >= 11 is 0. The summed E-state index contributed by atoms with van der Waals surface area (Å²) in [5, 5.41) is 0. The van der Waals surface area contributed by atoms with Crippen molar-refractivity contribution in [2.45, 2.75) is 83.5 Å². The molecule has 3 atom stereocenters. The maximum absolute atomic E-state index is 13.2. The topological polar surface area (TPSA) is 125 Å². The Bertz CT molecular complexity index is 1260. The fourth-order valence-electron chi connectivity index (χ4n) is 4.86. The number of esters is 2. The predicted octanol–water partition coefficient (Wildman–Crippen LogP) is 5.08. The molecule has 1 aliphatic carbocycles. The maximum atomic E-state index is 13.2. The Labute approximate surface area is 267 Å². The van der Waals surface area contributed by atoms with Gasteiger partial charge in [-0.3, -0.25) is 14.4 Å². The van der Waals surface area contributed by atoms with E-state index in [-0.39, 0.29) is 12.4 Å². The van der Waals surface area contributed by atoms with Crippen LogP contribution in [0.15, 0.2) is 54.2 Å². The van der Waals surface area contributed by atoms with Gasteiger partial charge in [-0.05, 0) is 74.8 Å². The first-order valence-electron chi connectivity index (χ1n) is 14.7. The summed E-state index contributed by atoms with van der Waals surface area (Å²) in [6, 6.07) is 5.81. The molecule has 0 spiro atoms. The number of allylic oxidation sites excluding steroid dienone is 3. The van der Waals surface area contributed by atoms with E-state index >= 15 is 0 Å². The van der Waals surface area contributed by atoms with Gasteiger partial charge in [0, 0.05) is 40.6 Å². The number of hydrogen-bond donors (Lipinski definition) is 0. The van der Waals surface area contributed by atoms with E-state index in [0.717, 1.165) is 18.4 Å².